The zero-order chi connectivity index (χ0) is 10.7. The molecule has 0 saturated heterocycles. The lowest BCUT2D eigenvalue weighted by molar-refractivity contribution is -0.247. The van der Waals surface area contributed by atoms with Crippen LogP contribution in [-0.2, 0) is 9.47 Å². The van der Waals surface area contributed by atoms with Crippen LogP contribution >= 0.6 is 0 Å². The first-order chi connectivity index (χ1) is 5.74. The van der Waals surface area contributed by atoms with Gasteiger partial charge >= 0.3 is 11.7 Å². The zero-order valence-corrected chi connectivity index (χ0v) is 7.78. The Hall–Kier alpha value is -0.213. The normalized spacial score (nSPS) is 13.8. The van der Waals surface area contributed by atoms with Gasteiger partial charge in [-0.1, -0.05) is 0 Å². The number of methoxy groups -OCH3 is 2. The number of hydrogen-bond donors (Lipinski definition) is 0. The summed E-state index contributed by atoms with van der Waals surface area (Å²) in [5, 5.41) is 0. The quantitative estimate of drug-likeness (QED) is 0.407. The summed E-state index contributed by atoms with van der Waals surface area (Å²) in [6.45, 7) is 0. The van der Waals surface area contributed by atoms with Crippen LogP contribution in [0.5, 0.6) is 0 Å². The molecule has 0 bridgehead atoms. The summed E-state index contributed by atoms with van der Waals surface area (Å²) < 4.78 is 67.9. The Balaban J connectivity index is 4.31. The van der Waals surface area contributed by atoms with Gasteiger partial charge in [-0.25, -0.2) is 8.78 Å². The van der Waals surface area contributed by atoms with E-state index in [0.717, 1.165) is 14.2 Å². The number of ether oxygens (including phenoxy) is 2. The van der Waals surface area contributed by atoms with Crippen molar-refractivity contribution in [3.63, 3.8) is 0 Å². The molecule has 0 atom stereocenters. The fourth-order valence-electron chi connectivity index (χ4n) is 0.444. The second kappa shape index (κ2) is 4.34. The van der Waals surface area contributed by atoms with E-state index >= 15 is 0 Å². The molecule has 0 aromatic heterocycles. The molecule has 13 heavy (non-hydrogen) atoms. The molecule has 0 saturated carbocycles. The standard InChI is InChI=1S/C5H7F5O2Si/c1-11-3(12-2)13-5(9,10)4(6,7)8/h3H,1-2H3. The van der Waals surface area contributed by atoms with Crippen molar-refractivity contribution in [1.29, 1.82) is 0 Å². The van der Waals surface area contributed by atoms with Gasteiger partial charge in [-0.15, -0.1) is 0 Å². The maximum atomic E-state index is 12.3. The molecule has 0 amide bonds. The number of alkyl halides is 5. The largest absolute Gasteiger partial charge is 0.448 e. The van der Waals surface area contributed by atoms with E-state index in [1.165, 1.54) is 0 Å². The van der Waals surface area contributed by atoms with Gasteiger partial charge in [0.15, 0.2) is 0 Å². The average molecular weight is 222 g/mol. The summed E-state index contributed by atoms with van der Waals surface area (Å²) in [7, 11) is 0.186. The van der Waals surface area contributed by atoms with Gasteiger partial charge in [0.25, 0.3) is 0 Å². The Morgan fingerprint density at radius 2 is 1.38 bits per heavy atom. The summed E-state index contributed by atoms with van der Waals surface area (Å²) in [6.07, 6.45) is -5.55. The van der Waals surface area contributed by atoms with Crippen LogP contribution in [0.4, 0.5) is 22.0 Å². The molecule has 2 nitrogen and oxygen atoms in total. The minimum absolute atomic E-state index is 0.994. The van der Waals surface area contributed by atoms with Gasteiger partial charge in [-0.2, -0.15) is 13.2 Å². The highest BCUT2D eigenvalue weighted by atomic mass is 28.2. The van der Waals surface area contributed by atoms with Crippen molar-refractivity contribution in [2.24, 2.45) is 0 Å². The van der Waals surface area contributed by atoms with E-state index in [1.807, 2.05) is 0 Å². The summed E-state index contributed by atoms with van der Waals surface area (Å²) in [4.78, 5) is 0. The van der Waals surface area contributed by atoms with E-state index in [0.29, 0.717) is 0 Å². The van der Waals surface area contributed by atoms with E-state index in [9.17, 15) is 22.0 Å². The van der Waals surface area contributed by atoms with E-state index in [4.69, 9.17) is 0 Å². The van der Waals surface area contributed by atoms with Gasteiger partial charge in [0.1, 0.15) is 5.91 Å². The fraction of sp³-hybridized carbons (Fsp3) is 1.00. The molecule has 0 spiro atoms. The third-order valence-corrected chi connectivity index (χ3v) is 2.44. The first kappa shape index (κ1) is 12.8. The Morgan fingerprint density at radius 1 is 1.00 bits per heavy atom. The number of hydrogen-bond acceptors (Lipinski definition) is 2. The van der Waals surface area contributed by atoms with Crippen LogP contribution < -0.4 is 0 Å². The molecule has 0 fully saturated rings. The zero-order valence-electron chi connectivity index (χ0n) is 6.78. The molecule has 78 valence electrons. The van der Waals surface area contributed by atoms with Gasteiger partial charge in [-0.3, -0.25) is 0 Å². The van der Waals surface area contributed by atoms with Crippen molar-refractivity contribution in [3.8, 4) is 0 Å². The molecule has 0 rings (SSSR count). The van der Waals surface area contributed by atoms with Gasteiger partial charge in [0.05, 0.1) is 0 Å². The highest BCUT2D eigenvalue weighted by Crippen LogP contribution is 2.34. The molecule has 8 heteroatoms. The molecular weight excluding hydrogens is 215 g/mol. The number of halogens is 5. The van der Waals surface area contributed by atoms with Crippen LogP contribution in [0.1, 0.15) is 0 Å². The summed E-state index contributed by atoms with van der Waals surface area (Å²) in [5.74, 6) is -1.53. The summed E-state index contributed by atoms with van der Waals surface area (Å²) in [6, 6.07) is 0. The average Bonchev–Trinajstić information content (AvgIpc) is 1.98. The van der Waals surface area contributed by atoms with Gasteiger partial charge in [0, 0.05) is 14.2 Å². The molecule has 0 aliphatic heterocycles. The molecule has 0 unspecified atom stereocenters. The fourth-order valence-corrected chi connectivity index (χ4v) is 1.14. The first-order valence-corrected chi connectivity index (χ1v) is 4.10. The molecule has 0 aromatic rings. The Bertz CT molecular complexity index is 155. The molecule has 2 radical (unpaired) electrons. The van der Waals surface area contributed by atoms with Crippen LogP contribution in [-0.4, -0.2) is 41.4 Å². The van der Waals surface area contributed by atoms with Crippen molar-refractivity contribution >= 4 is 9.52 Å². The monoisotopic (exact) mass is 222 g/mol. The first-order valence-electron chi connectivity index (χ1n) is 3.02. The predicted molar refractivity (Wildman–Crippen MR) is 34.6 cm³/mol. The van der Waals surface area contributed by atoms with E-state index in [1.54, 1.807) is 0 Å². The highest BCUT2D eigenvalue weighted by molar-refractivity contribution is 6.40. The third kappa shape index (κ3) is 3.57. The van der Waals surface area contributed by atoms with E-state index < -0.39 is 27.2 Å². The Morgan fingerprint density at radius 3 is 1.62 bits per heavy atom. The third-order valence-electron chi connectivity index (χ3n) is 1.08. The molecule has 0 N–H and O–H groups in total. The molecular formula is C5H7F5O2Si. The van der Waals surface area contributed by atoms with Gasteiger partial charge in [0.2, 0.25) is 9.52 Å². The predicted octanol–water partition coefficient (Wildman–Crippen LogP) is 1.42. The maximum absolute atomic E-state index is 12.3. The van der Waals surface area contributed by atoms with E-state index in [-0.39, 0.29) is 0 Å². The summed E-state index contributed by atoms with van der Waals surface area (Å²) >= 11 is 0. The minimum Gasteiger partial charge on any atom is -0.360 e. The second-order valence-electron chi connectivity index (χ2n) is 2.02. The van der Waals surface area contributed by atoms with Crippen molar-refractivity contribution in [1.82, 2.24) is 0 Å². The maximum Gasteiger partial charge on any atom is 0.448 e. The highest BCUT2D eigenvalue weighted by Gasteiger charge is 2.58. The molecule has 0 aromatic carbocycles. The lowest BCUT2D eigenvalue weighted by atomic mass is 10.7. The van der Waals surface area contributed by atoms with Crippen LogP contribution in [0.2, 0.25) is 0 Å². The molecule has 0 aliphatic rings. The van der Waals surface area contributed by atoms with E-state index in [2.05, 4.69) is 9.47 Å². The molecule has 0 aliphatic carbocycles. The van der Waals surface area contributed by atoms with Gasteiger partial charge < -0.3 is 9.47 Å². The van der Waals surface area contributed by atoms with Crippen LogP contribution in [0.3, 0.4) is 0 Å². The van der Waals surface area contributed by atoms with Crippen LogP contribution in [0.25, 0.3) is 0 Å². The van der Waals surface area contributed by atoms with Crippen molar-refractivity contribution in [2.45, 2.75) is 17.6 Å². The summed E-state index contributed by atoms with van der Waals surface area (Å²) in [5.41, 5.74) is -4.76. The van der Waals surface area contributed by atoms with Crippen molar-refractivity contribution < 1.29 is 31.4 Å². The lowest BCUT2D eigenvalue weighted by Crippen LogP contribution is -2.47. The SMILES string of the molecule is COC(OC)[Si]C(F)(F)C(F)(F)F. The smallest absolute Gasteiger partial charge is 0.360 e. The van der Waals surface area contributed by atoms with Crippen molar-refractivity contribution in [3.05, 3.63) is 0 Å². The van der Waals surface area contributed by atoms with Crippen molar-refractivity contribution in [2.75, 3.05) is 14.2 Å². The topological polar surface area (TPSA) is 18.5 Å². The Labute approximate surface area is 73.8 Å². The minimum atomic E-state index is -5.55. The Kier molecular flexibility index (Phi) is 4.26. The van der Waals surface area contributed by atoms with Gasteiger partial charge in [-0.05, 0) is 0 Å². The second-order valence-corrected chi connectivity index (χ2v) is 3.41. The number of rotatable bonds is 4. The van der Waals surface area contributed by atoms with Crippen LogP contribution in [0.15, 0.2) is 0 Å². The molecule has 0 heterocycles. The lowest BCUT2D eigenvalue weighted by Gasteiger charge is -2.22. The van der Waals surface area contributed by atoms with Crippen LogP contribution in [0, 0.1) is 0 Å².